The van der Waals surface area contributed by atoms with Crippen molar-refractivity contribution in [2.24, 2.45) is 0 Å². The molecule has 5 heterocycles. The molecule has 0 spiro atoms. The zero-order valence-corrected chi connectivity index (χ0v) is 29.6. The van der Waals surface area contributed by atoms with Gasteiger partial charge in [-0.2, -0.15) is 0 Å². The highest BCUT2D eigenvalue weighted by Crippen LogP contribution is 2.34. The fourth-order valence-corrected chi connectivity index (χ4v) is 7.43. The standard InChI is InChI=1S/C25H27ClN4O2.C14H16ClN3/c26-19-11-9-18(10-12-19)17-29-15-13-27-24(29)22-7-3-14-30(22)25(31)28-21-6-4-16-32-23-8-2-1-5-20(21)23;15-12-5-3-11(4-6-12)10-18-9-8-17-14(18)13-2-1-7-16-13/h1-2,5,8-13,15,21-22H,3-4,6-7,14,16-17H2,(H,28,31);3-6,8-9,13,16H,1-2,7,10H2/t21?,22-;13-/m11/s1. The first-order chi connectivity index (χ1) is 24.5. The Morgan fingerprint density at radius 2 is 1.46 bits per heavy atom. The highest BCUT2D eigenvalue weighted by molar-refractivity contribution is 6.30. The summed E-state index contributed by atoms with van der Waals surface area (Å²) in [5.41, 5.74) is 3.45. The second kappa shape index (κ2) is 16.1. The van der Waals surface area contributed by atoms with Crippen molar-refractivity contribution in [3.8, 4) is 5.75 Å². The Balaban J connectivity index is 0.000000184. The second-order valence-electron chi connectivity index (χ2n) is 13.1. The lowest BCUT2D eigenvalue weighted by Crippen LogP contribution is -2.41. The summed E-state index contributed by atoms with van der Waals surface area (Å²) in [7, 11) is 0. The van der Waals surface area contributed by atoms with Gasteiger partial charge in [0.05, 0.1) is 24.7 Å². The highest BCUT2D eigenvalue weighted by Gasteiger charge is 2.34. The van der Waals surface area contributed by atoms with Gasteiger partial charge in [0.15, 0.2) is 0 Å². The molecular weight excluding hydrogens is 669 g/mol. The number of benzene rings is 3. The quantitative estimate of drug-likeness (QED) is 0.177. The molecule has 3 aliphatic rings. The van der Waals surface area contributed by atoms with Gasteiger partial charge < -0.3 is 29.4 Å². The zero-order chi connectivity index (χ0) is 34.3. The molecule has 2 fully saturated rings. The summed E-state index contributed by atoms with van der Waals surface area (Å²) < 4.78 is 10.2. The minimum Gasteiger partial charge on any atom is -0.493 e. The summed E-state index contributed by atoms with van der Waals surface area (Å²) in [4.78, 5) is 24.4. The van der Waals surface area contributed by atoms with E-state index in [-0.39, 0.29) is 18.1 Å². The first-order valence-electron chi connectivity index (χ1n) is 17.5. The second-order valence-corrected chi connectivity index (χ2v) is 14.0. The molecule has 0 bridgehead atoms. The Morgan fingerprint density at radius 1 is 0.800 bits per heavy atom. The molecule has 0 radical (unpaired) electrons. The number of carbonyl (C=O) groups excluding carboxylic acids is 1. The maximum atomic E-state index is 13.4. The summed E-state index contributed by atoms with van der Waals surface area (Å²) in [5, 5.41) is 8.27. The van der Waals surface area contributed by atoms with Gasteiger partial charge in [-0.25, -0.2) is 14.8 Å². The maximum Gasteiger partial charge on any atom is 0.318 e. The molecule has 260 valence electrons. The number of nitrogens with one attached hydrogen (secondary N) is 2. The van der Waals surface area contributed by atoms with Crippen LogP contribution >= 0.6 is 23.2 Å². The van der Waals surface area contributed by atoms with Crippen molar-refractivity contribution in [3.63, 3.8) is 0 Å². The highest BCUT2D eigenvalue weighted by atomic mass is 35.5. The number of carbonyl (C=O) groups is 1. The lowest BCUT2D eigenvalue weighted by Gasteiger charge is -2.28. The van der Waals surface area contributed by atoms with Gasteiger partial charge in [0, 0.05) is 60.0 Å². The number of ether oxygens (including phenoxy) is 1. The van der Waals surface area contributed by atoms with E-state index in [1.807, 2.05) is 90.4 Å². The van der Waals surface area contributed by atoms with Crippen LogP contribution in [0.4, 0.5) is 4.79 Å². The van der Waals surface area contributed by atoms with E-state index in [2.05, 4.69) is 41.9 Å². The molecule has 3 aliphatic heterocycles. The predicted molar refractivity (Wildman–Crippen MR) is 197 cm³/mol. The van der Waals surface area contributed by atoms with Crippen LogP contribution in [0.25, 0.3) is 0 Å². The first kappa shape index (κ1) is 34.2. The van der Waals surface area contributed by atoms with Crippen LogP contribution in [0.15, 0.2) is 97.6 Å². The number of nitrogens with zero attached hydrogens (tertiary/aromatic N) is 5. The van der Waals surface area contributed by atoms with Crippen molar-refractivity contribution >= 4 is 29.2 Å². The number of hydrogen-bond donors (Lipinski definition) is 2. The van der Waals surface area contributed by atoms with Gasteiger partial charge in [-0.15, -0.1) is 0 Å². The van der Waals surface area contributed by atoms with Crippen LogP contribution in [-0.2, 0) is 13.1 Å². The number of likely N-dealkylation sites (tertiary alicyclic amines) is 1. The molecule has 2 saturated heterocycles. The van der Waals surface area contributed by atoms with Gasteiger partial charge in [-0.1, -0.05) is 65.7 Å². The number of rotatable bonds is 7. The SMILES string of the molecule is Clc1ccc(Cn2ccnc2[C@H]2CCCN2)cc1.O=C(NC1CCCOc2ccccc21)N1CCC[C@@H]1c1nccn1Cc1ccc(Cl)cc1. The third-order valence-corrected chi connectivity index (χ3v) is 10.2. The predicted octanol–water partition coefficient (Wildman–Crippen LogP) is 8.35. The van der Waals surface area contributed by atoms with Gasteiger partial charge in [0.2, 0.25) is 0 Å². The number of para-hydroxylation sites is 1. The van der Waals surface area contributed by atoms with Crippen molar-refractivity contribution in [1.82, 2.24) is 34.6 Å². The number of halogens is 2. The van der Waals surface area contributed by atoms with E-state index < -0.39 is 0 Å². The molecule has 9 nitrogen and oxygen atoms in total. The van der Waals surface area contributed by atoms with E-state index in [4.69, 9.17) is 27.9 Å². The van der Waals surface area contributed by atoms with Crippen molar-refractivity contribution in [2.75, 3.05) is 19.7 Å². The molecule has 0 aliphatic carbocycles. The van der Waals surface area contributed by atoms with Gasteiger partial charge >= 0.3 is 6.03 Å². The maximum absolute atomic E-state index is 13.4. The monoisotopic (exact) mass is 711 g/mol. The van der Waals surface area contributed by atoms with Gasteiger partial charge in [0.1, 0.15) is 17.4 Å². The molecule has 3 aromatic carbocycles. The zero-order valence-electron chi connectivity index (χ0n) is 28.1. The lowest BCUT2D eigenvalue weighted by molar-refractivity contribution is 0.185. The summed E-state index contributed by atoms with van der Waals surface area (Å²) in [5.74, 6) is 2.94. The molecule has 2 aromatic heterocycles. The third kappa shape index (κ3) is 8.18. The molecule has 5 aromatic rings. The smallest absolute Gasteiger partial charge is 0.318 e. The number of hydrogen-bond acceptors (Lipinski definition) is 5. The van der Waals surface area contributed by atoms with E-state index in [1.54, 1.807) is 0 Å². The Bertz CT molecular complexity index is 1850. The molecule has 2 N–H and O–H groups in total. The van der Waals surface area contributed by atoms with Crippen LogP contribution in [-0.4, -0.2) is 49.7 Å². The van der Waals surface area contributed by atoms with E-state index in [0.717, 1.165) is 83.9 Å². The molecule has 3 atom stereocenters. The van der Waals surface area contributed by atoms with E-state index in [1.165, 1.54) is 18.4 Å². The van der Waals surface area contributed by atoms with Crippen LogP contribution in [0, 0.1) is 0 Å². The van der Waals surface area contributed by atoms with Gasteiger partial charge in [0.25, 0.3) is 0 Å². The lowest BCUT2D eigenvalue weighted by atomic mass is 10.0. The van der Waals surface area contributed by atoms with Crippen LogP contribution < -0.4 is 15.4 Å². The third-order valence-electron chi connectivity index (χ3n) is 9.70. The molecular formula is C39H43Cl2N7O2. The minimum atomic E-state index is -0.0451. The van der Waals surface area contributed by atoms with Gasteiger partial charge in [-0.05, 0) is 86.5 Å². The number of aromatic nitrogens is 4. The van der Waals surface area contributed by atoms with Crippen molar-refractivity contribution in [2.45, 2.75) is 69.7 Å². The van der Waals surface area contributed by atoms with E-state index >= 15 is 0 Å². The average Bonchev–Trinajstić information content (AvgIpc) is 3.96. The van der Waals surface area contributed by atoms with Crippen molar-refractivity contribution in [1.29, 1.82) is 0 Å². The van der Waals surface area contributed by atoms with E-state index in [0.29, 0.717) is 19.2 Å². The number of amides is 2. The molecule has 8 rings (SSSR count). The molecule has 50 heavy (non-hydrogen) atoms. The molecule has 0 saturated carbocycles. The van der Waals surface area contributed by atoms with Crippen molar-refractivity contribution in [3.05, 3.63) is 136 Å². The fraction of sp³-hybridized carbons (Fsp3) is 0.359. The summed E-state index contributed by atoms with van der Waals surface area (Å²) in [6.07, 6.45) is 13.8. The normalized spacial score (nSPS) is 20.0. The topological polar surface area (TPSA) is 89.2 Å². The minimum absolute atomic E-state index is 0.0322. The van der Waals surface area contributed by atoms with Gasteiger partial charge in [-0.3, -0.25) is 0 Å². The Labute approximate surface area is 303 Å². The summed E-state index contributed by atoms with van der Waals surface area (Å²) in [6, 6.07) is 24.1. The van der Waals surface area contributed by atoms with Crippen LogP contribution in [0.2, 0.25) is 10.0 Å². The van der Waals surface area contributed by atoms with Crippen LogP contribution in [0.5, 0.6) is 5.75 Å². The van der Waals surface area contributed by atoms with Crippen LogP contribution in [0.1, 0.15) is 85.0 Å². The van der Waals surface area contributed by atoms with E-state index in [9.17, 15) is 4.79 Å². The number of imidazole rings is 2. The average molecular weight is 713 g/mol. The molecule has 1 unspecified atom stereocenters. The summed E-state index contributed by atoms with van der Waals surface area (Å²) >= 11 is 11.9. The van der Waals surface area contributed by atoms with Crippen molar-refractivity contribution < 1.29 is 9.53 Å². The Kier molecular flexibility index (Phi) is 11.0. The number of fused-ring (bicyclic) bond motifs is 1. The number of urea groups is 1. The summed E-state index contributed by atoms with van der Waals surface area (Å²) in [6.45, 7) is 4.06. The molecule has 11 heteroatoms. The first-order valence-corrected chi connectivity index (χ1v) is 18.3. The Hall–Kier alpha value is -4.31. The Morgan fingerprint density at radius 3 is 2.14 bits per heavy atom. The fourth-order valence-electron chi connectivity index (χ4n) is 7.18. The largest absolute Gasteiger partial charge is 0.493 e. The van der Waals surface area contributed by atoms with Crippen LogP contribution in [0.3, 0.4) is 0 Å². The molecule has 2 amide bonds.